The summed E-state index contributed by atoms with van der Waals surface area (Å²) in [6.45, 7) is 7.98. The number of nitrogens with one attached hydrogen (secondary N) is 1. The summed E-state index contributed by atoms with van der Waals surface area (Å²) in [5.74, 6) is 0.0931. The first kappa shape index (κ1) is 17.8. The molecule has 0 atom stereocenters. The number of carbonyl (C=O) groups is 1. The fourth-order valence-electron chi connectivity index (χ4n) is 1.59. The third-order valence-electron chi connectivity index (χ3n) is 2.50. The van der Waals surface area contributed by atoms with E-state index in [9.17, 15) is 13.2 Å². The normalized spacial score (nSPS) is 11.8. The molecule has 0 aromatic heterocycles. The van der Waals surface area contributed by atoms with Crippen LogP contribution in [0.5, 0.6) is 5.75 Å². The van der Waals surface area contributed by atoms with Crippen LogP contribution < -0.4 is 10.1 Å². The van der Waals surface area contributed by atoms with E-state index in [1.54, 1.807) is 13.8 Å². The Labute approximate surface area is 130 Å². The van der Waals surface area contributed by atoms with E-state index in [2.05, 4.69) is 5.32 Å². The maximum absolute atomic E-state index is 12.0. The fourth-order valence-corrected chi connectivity index (χ4v) is 2.58. The average Bonchev–Trinajstić information content (AvgIpc) is 2.34. The molecular weight excluding hydrogens is 314 g/mol. The zero-order valence-electron chi connectivity index (χ0n) is 12.5. The molecule has 0 radical (unpaired) electrons. The van der Waals surface area contributed by atoms with E-state index < -0.39 is 9.05 Å². The third kappa shape index (κ3) is 5.55. The lowest BCUT2D eigenvalue weighted by molar-refractivity contribution is 0.0948. The molecule has 1 rings (SSSR count). The minimum atomic E-state index is -4.00. The van der Waals surface area contributed by atoms with Gasteiger partial charge in [-0.3, -0.25) is 4.79 Å². The quantitative estimate of drug-likeness (QED) is 0.812. The summed E-state index contributed by atoms with van der Waals surface area (Å²) in [7, 11) is 1.41. The highest BCUT2D eigenvalue weighted by Gasteiger charge is 2.20. The molecule has 0 aliphatic rings. The number of amides is 1. The van der Waals surface area contributed by atoms with Crippen LogP contribution in [0.4, 0.5) is 0 Å². The second kappa shape index (κ2) is 7.13. The van der Waals surface area contributed by atoms with Crippen LogP contribution in [0.3, 0.4) is 0 Å². The van der Waals surface area contributed by atoms with Crippen molar-refractivity contribution in [2.45, 2.75) is 38.7 Å². The zero-order chi connectivity index (χ0) is 16.2. The highest BCUT2D eigenvalue weighted by atomic mass is 35.7. The number of rotatable bonds is 6. The van der Waals surface area contributed by atoms with Crippen LogP contribution in [0.25, 0.3) is 0 Å². The van der Waals surface area contributed by atoms with Crippen molar-refractivity contribution in [1.82, 2.24) is 5.32 Å². The van der Waals surface area contributed by atoms with Gasteiger partial charge < -0.3 is 10.1 Å². The molecule has 0 saturated heterocycles. The largest absolute Gasteiger partial charge is 0.490 e. The molecule has 0 spiro atoms. The fraction of sp³-hybridized carbons (Fsp3) is 0.500. The van der Waals surface area contributed by atoms with Crippen molar-refractivity contribution in [3.05, 3.63) is 23.8 Å². The van der Waals surface area contributed by atoms with Crippen LogP contribution in [0.1, 0.15) is 38.1 Å². The summed E-state index contributed by atoms with van der Waals surface area (Å²) >= 11 is 0. The number of carbonyl (C=O) groups excluding carboxylic acids is 1. The smallest absolute Gasteiger partial charge is 0.265 e. The molecule has 1 N–H and O–H groups in total. The van der Waals surface area contributed by atoms with E-state index in [0.717, 1.165) is 0 Å². The number of halogens is 1. The maximum Gasteiger partial charge on any atom is 0.265 e. The standard InChI is InChI=1S/C14H20ClNO4S/c1-9(2)8-16-14(17)11-5-6-12(20-10(3)4)13(7-11)21(15,18)19/h5-7,9-10H,8H2,1-4H3,(H,16,17). The Hall–Kier alpha value is -1.27. The molecule has 118 valence electrons. The summed E-state index contributed by atoms with van der Waals surface area (Å²) in [6, 6.07) is 4.19. The Balaban J connectivity index is 3.13. The zero-order valence-corrected chi connectivity index (χ0v) is 14.1. The molecule has 0 bridgehead atoms. The summed E-state index contributed by atoms with van der Waals surface area (Å²) in [6.07, 6.45) is -0.206. The van der Waals surface area contributed by atoms with Crippen LogP contribution in [0, 0.1) is 5.92 Å². The minimum Gasteiger partial charge on any atom is -0.490 e. The lowest BCUT2D eigenvalue weighted by Crippen LogP contribution is -2.27. The van der Waals surface area contributed by atoms with Crippen molar-refractivity contribution in [3.8, 4) is 5.75 Å². The van der Waals surface area contributed by atoms with Crippen LogP contribution in [-0.2, 0) is 9.05 Å². The molecule has 0 aliphatic heterocycles. The average molecular weight is 334 g/mol. The van der Waals surface area contributed by atoms with E-state index >= 15 is 0 Å². The Morgan fingerprint density at radius 1 is 1.29 bits per heavy atom. The van der Waals surface area contributed by atoms with Gasteiger partial charge in [0.05, 0.1) is 6.10 Å². The minimum absolute atomic E-state index is 0.139. The Kier molecular flexibility index (Phi) is 6.04. The number of ether oxygens (including phenoxy) is 1. The van der Waals surface area contributed by atoms with Crippen molar-refractivity contribution in [2.75, 3.05) is 6.54 Å². The van der Waals surface area contributed by atoms with Crippen LogP contribution in [-0.4, -0.2) is 27.0 Å². The molecule has 1 aromatic rings. The summed E-state index contributed by atoms with van der Waals surface area (Å²) in [5.41, 5.74) is 0.228. The predicted molar refractivity (Wildman–Crippen MR) is 82.4 cm³/mol. The van der Waals surface area contributed by atoms with Gasteiger partial charge in [0.1, 0.15) is 10.6 Å². The van der Waals surface area contributed by atoms with Crippen LogP contribution in [0.15, 0.2) is 23.1 Å². The van der Waals surface area contributed by atoms with Gasteiger partial charge in [0, 0.05) is 22.8 Å². The van der Waals surface area contributed by atoms with Crippen molar-refractivity contribution in [3.63, 3.8) is 0 Å². The first-order valence-electron chi connectivity index (χ1n) is 6.64. The molecule has 0 fully saturated rings. The lowest BCUT2D eigenvalue weighted by Gasteiger charge is -2.14. The van der Waals surface area contributed by atoms with Crippen molar-refractivity contribution in [1.29, 1.82) is 0 Å². The van der Waals surface area contributed by atoms with E-state index in [4.69, 9.17) is 15.4 Å². The van der Waals surface area contributed by atoms with Crippen molar-refractivity contribution in [2.24, 2.45) is 5.92 Å². The molecule has 1 amide bonds. The summed E-state index contributed by atoms with van der Waals surface area (Å²) in [5, 5.41) is 2.72. The molecule has 5 nitrogen and oxygen atoms in total. The van der Waals surface area contributed by atoms with Gasteiger partial charge in [0.25, 0.3) is 15.0 Å². The number of benzene rings is 1. The van der Waals surface area contributed by atoms with Gasteiger partial charge >= 0.3 is 0 Å². The van der Waals surface area contributed by atoms with Gasteiger partial charge in [-0.25, -0.2) is 8.42 Å². The van der Waals surface area contributed by atoms with Crippen LogP contribution in [0.2, 0.25) is 0 Å². The van der Waals surface area contributed by atoms with Gasteiger partial charge in [-0.1, -0.05) is 13.8 Å². The molecule has 7 heteroatoms. The third-order valence-corrected chi connectivity index (χ3v) is 3.85. The number of hydrogen-bond donors (Lipinski definition) is 1. The molecule has 0 unspecified atom stereocenters. The molecular formula is C14H20ClNO4S. The van der Waals surface area contributed by atoms with Gasteiger partial charge in [-0.05, 0) is 38.0 Å². The van der Waals surface area contributed by atoms with E-state index in [1.807, 2.05) is 13.8 Å². The van der Waals surface area contributed by atoms with Crippen LogP contribution >= 0.6 is 10.7 Å². The molecule has 21 heavy (non-hydrogen) atoms. The summed E-state index contributed by atoms with van der Waals surface area (Å²) in [4.78, 5) is 11.8. The van der Waals surface area contributed by atoms with Gasteiger partial charge in [-0.2, -0.15) is 0 Å². The maximum atomic E-state index is 12.0. The second-order valence-corrected chi connectivity index (χ2v) is 7.90. The van der Waals surface area contributed by atoms with Gasteiger partial charge in [-0.15, -0.1) is 0 Å². The number of hydrogen-bond acceptors (Lipinski definition) is 4. The van der Waals surface area contributed by atoms with Gasteiger partial charge in [0.15, 0.2) is 0 Å². The van der Waals surface area contributed by atoms with E-state index in [1.165, 1.54) is 18.2 Å². The van der Waals surface area contributed by atoms with E-state index in [0.29, 0.717) is 12.5 Å². The molecule has 0 aliphatic carbocycles. The van der Waals surface area contributed by atoms with Crippen molar-refractivity contribution >= 4 is 25.6 Å². The topological polar surface area (TPSA) is 72.5 Å². The Bertz CT molecular complexity index is 611. The molecule has 1 aromatic carbocycles. The highest BCUT2D eigenvalue weighted by Crippen LogP contribution is 2.29. The first-order valence-corrected chi connectivity index (χ1v) is 8.95. The van der Waals surface area contributed by atoms with Crippen molar-refractivity contribution < 1.29 is 17.9 Å². The predicted octanol–water partition coefficient (Wildman–Crippen LogP) is 2.79. The lowest BCUT2D eigenvalue weighted by atomic mass is 10.2. The monoisotopic (exact) mass is 333 g/mol. The molecule has 0 heterocycles. The molecule has 0 saturated carbocycles. The summed E-state index contributed by atoms with van der Waals surface area (Å²) < 4.78 is 28.7. The Morgan fingerprint density at radius 2 is 1.90 bits per heavy atom. The van der Waals surface area contributed by atoms with Gasteiger partial charge in [0.2, 0.25) is 0 Å². The van der Waals surface area contributed by atoms with E-state index in [-0.39, 0.29) is 28.2 Å². The SMILES string of the molecule is CC(C)CNC(=O)c1ccc(OC(C)C)c(S(=O)(=O)Cl)c1. The second-order valence-electron chi connectivity index (χ2n) is 5.37. The first-order chi connectivity index (χ1) is 9.61. The highest BCUT2D eigenvalue weighted by molar-refractivity contribution is 8.13. The Morgan fingerprint density at radius 3 is 2.38 bits per heavy atom.